The van der Waals surface area contributed by atoms with Crippen molar-refractivity contribution in [3.05, 3.63) is 53.3 Å². The van der Waals surface area contributed by atoms with E-state index in [1.54, 1.807) is 43.8 Å². The molecule has 0 N–H and O–H groups in total. The van der Waals surface area contributed by atoms with Crippen LogP contribution in [0.25, 0.3) is 11.0 Å². The molecule has 4 heterocycles. The number of carbonyl (C=O) groups is 2. The van der Waals surface area contributed by atoms with Crippen molar-refractivity contribution in [1.82, 2.24) is 24.9 Å². The number of aryl methyl sites for hydroxylation is 1. The molecular formula is C15H10N5NaO3S. The van der Waals surface area contributed by atoms with Crippen LogP contribution in [0.1, 0.15) is 11.3 Å². The molecule has 0 saturated carbocycles. The molecule has 120 valence electrons. The van der Waals surface area contributed by atoms with Gasteiger partial charge in [-0.25, -0.2) is 0 Å². The largest absolute Gasteiger partial charge is 1.00 e. The van der Waals surface area contributed by atoms with E-state index in [4.69, 9.17) is 0 Å². The van der Waals surface area contributed by atoms with Gasteiger partial charge in [0.15, 0.2) is 0 Å². The molecule has 0 aromatic carbocycles. The second kappa shape index (κ2) is 6.75. The fraction of sp³-hybridized carbons (Fsp3) is 0.133. The number of carboxylic acids is 1. The second-order valence-corrected chi connectivity index (χ2v) is 6.36. The molecule has 1 amide bonds. The van der Waals surface area contributed by atoms with Crippen molar-refractivity contribution in [3.8, 4) is 0 Å². The number of amides is 1. The van der Waals surface area contributed by atoms with Gasteiger partial charge < -0.3 is 9.90 Å². The molecule has 2 aromatic heterocycles. The molecule has 1 fully saturated rings. The van der Waals surface area contributed by atoms with Crippen LogP contribution in [0.2, 0.25) is 0 Å². The summed E-state index contributed by atoms with van der Waals surface area (Å²) in [7, 11) is 1.73. The Bertz CT molecular complexity index is 924. The Morgan fingerprint density at radius 1 is 1.44 bits per heavy atom. The molecule has 0 bridgehead atoms. The molecule has 0 unspecified atom stereocenters. The fourth-order valence-corrected chi connectivity index (χ4v) is 4.03. The maximum Gasteiger partial charge on any atom is 1.00 e. The molecule has 0 aliphatic carbocycles. The Kier molecular flexibility index (Phi) is 4.83. The molecule has 8 nitrogen and oxygen atoms in total. The average molecular weight is 363 g/mol. The molecule has 0 radical (unpaired) electrons. The predicted octanol–water partition coefficient (Wildman–Crippen LogP) is -3.37. The van der Waals surface area contributed by atoms with E-state index < -0.39 is 11.3 Å². The first-order chi connectivity index (χ1) is 11.6. The number of aliphatic carboxylic acids is 1. The molecule has 2 aliphatic rings. The van der Waals surface area contributed by atoms with Crippen molar-refractivity contribution in [2.24, 2.45) is 7.05 Å². The standard InChI is InChI=1S/C15H11N5O3S.Na/c1-19-7-9(17-18-19)5-10-13(21)20-11(15(22)23)12(24-14(10)20)8-3-2-4-16-6-8;/h2-7,14H,1H3,(H,22,23);/q;+1/p-1/b10-5-;/t14-;/m1./s1. The van der Waals surface area contributed by atoms with Crippen LogP contribution >= 0.6 is 11.8 Å². The van der Waals surface area contributed by atoms with Crippen molar-refractivity contribution in [2.75, 3.05) is 0 Å². The van der Waals surface area contributed by atoms with E-state index in [1.807, 2.05) is 0 Å². The van der Waals surface area contributed by atoms with Crippen molar-refractivity contribution in [1.29, 1.82) is 0 Å². The third-order valence-electron chi connectivity index (χ3n) is 3.69. The SMILES string of the molecule is Cn1cc(/C=C2/C(=O)N3C(C(=O)[O-])=C(c4cccnc4)S[C@H]23)nn1.[Na+]. The van der Waals surface area contributed by atoms with Crippen molar-refractivity contribution in [3.63, 3.8) is 0 Å². The van der Waals surface area contributed by atoms with E-state index in [0.717, 1.165) is 0 Å². The predicted molar refractivity (Wildman–Crippen MR) is 83.4 cm³/mol. The first-order valence-electron chi connectivity index (χ1n) is 7.00. The summed E-state index contributed by atoms with van der Waals surface area (Å²) in [5.74, 6) is -1.74. The van der Waals surface area contributed by atoms with Crippen LogP contribution in [0.4, 0.5) is 0 Å². The molecule has 10 heteroatoms. The van der Waals surface area contributed by atoms with E-state index in [2.05, 4.69) is 15.3 Å². The molecule has 1 saturated heterocycles. The molecule has 4 rings (SSSR count). The maximum atomic E-state index is 12.4. The van der Waals surface area contributed by atoms with E-state index in [0.29, 0.717) is 21.7 Å². The summed E-state index contributed by atoms with van der Waals surface area (Å²) in [4.78, 5) is 29.7. The normalized spacial score (nSPS) is 20.4. The fourth-order valence-electron chi connectivity index (χ4n) is 2.65. The van der Waals surface area contributed by atoms with Crippen LogP contribution in [0, 0.1) is 0 Å². The van der Waals surface area contributed by atoms with Gasteiger partial charge in [-0.1, -0.05) is 23.0 Å². The molecule has 2 aromatic rings. The van der Waals surface area contributed by atoms with Gasteiger partial charge in [0.1, 0.15) is 11.1 Å². The number of hydrogen-bond donors (Lipinski definition) is 0. The van der Waals surface area contributed by atoms with Crippen molar-refractivity contribution < 1.29 is 44.3 Å². The zero-order valence-electron chi connectivity index (χ0n) is 13.4. The smallest absolute Gasteiger partial charge is 0.543 e. The molecule has 25 heavy (non-hydrogen) atoms. The topological polar surface area (TPSA) is 104 Å². The quantitative estimate of drug-likeness (QED) is 0.319. The zero-order valence-corrected chi connectivity index (χ0v) is 16.2. The monoisotopic (exact) mass is 363 g/mol. The van der Waals surface area contributed by atoms with Crippen LogP contribution < -0.4 is 34.7 Å². The minimum absolute atomic E-state index is 0. The van der Waals surface area contributed by atoms with Crippen molar-refractivity contribution >= 4 is 34.6 Å². The summed E-state index contributed by atoms with van der Waals surface area (Å²) in [6.45, 7) is 0. The van der Waals surface area contributed by atoms with Crippen LogP contribution in [-0.2, 0) is 16.6 Å². The first-order valence-corrected chi connectivity index (χ1v) is 7.88. The van der Waals surface area contributed by atoms with E-state index >= 15 is 0 Å². The van der Waals surface area contributed by atoms with Gasteiger partial charge in [-0.2, -0.15) is 0 Å². The number of carboxylic acid groups (broad SMARTS) is 1. The van der Waals surface area contributed by atoms with E-state index in [1.165, 1.54) is 21.3 Å². The van der Waals surface area contributed by atoms with Crippen molar-refractivity contribution in [2.45, 2.75) is 5.37 Å². The third-order valence-corrected chi connectivity index (χ3v) is 5.05. The number of rotatable bonds is 3. The molecule has 2 aliphatic heterocycles. The number of carbonyl (C=O) groups excluding carboxylic acids is 2. The second-order valence-electron chi connectivity index (χ2n) is 5.27. The minimum Gasteiger partial charge on any atom is -0.543 e. The summed E-state index contributed by atoms with van der Waals surface area (Å²) in [5, 5.41) is 18.9. The Labute approximate surface area is 168 Å². The molecule has 1 atom stereocenters. The Balaban J connectivity index is 0.00000182. The summed E-state index contributed by atoms with van der Waals surface area (Å²) in [6, 6.07) is 3.46. The molecular weight excluding hydrogens is 353 g/mol. The molecule has 0 spiro atoms. The number of fused-ring (bicyclic) bond motifs is 1. The number of nitrogens with zero attached hydrogens (tertiary/aromatic N) is 5. The van der Waals surface area contributed by atoms with Gasteiger partial charge in [0.05, 0.1) is 23.4 Å². The van der Waals surface area contributed by atoms with Gasteiger partial charge in [0.2, 0.25) is 0 Å². The van der Waals surface area contributed by atoms with E-state index in [-0.39, 0.29) is 41.2 Å². The van der Waals surface area contributed by atoms with E-state index in [9.17, 15) is 14.7 Å². The summed E-state index contributed by atoms with van der Waals surface area (Å²) in [5.41, 5.74) is 1.56. The van der Waals surface area contributed by atoms with Gasteiger partial charge in [-0.15, -0.1) is 5.10 Å². The number of hydrogen-bond acceptors (Lipinski definition) is 7. The summed E-state index contributed by atoms with van der Waals surface area (Å²) >= 11 is 1.29. The van der Waals surface area contributed by atoms with Crippen LogP contribution in [-0.4, -0.2) is 42.1 Å². The number of thioether (sulfide) groups is 1. The van der Waals surface area contributed by atoms with Crippen LogP contribution in [0.15, 0.2) is 42.0 Å². The minimum atomic E-state index is -1.38. The maximum absolute atomic E-state index is 12.4. The Morgan fingerprint density at radius 2 is 2.24 bits per heavy atom. The van der Waals surface area contributed by atoms with Gasteiger partial charge in [0.25, 0.3) is 5.91 Å². The van der Waals surface area contributed by atoms with Gasteiger partial charge in [0, 0.05) is 29.9 Å². The van der Waals surface area contributed by atoms with Crippen LogP contribution in [0.5, 0.6) is 0 Å². The first kappa shape index (κ1) is 17.9. The summed E-state index contributed by atoms with van der Waals surface area (Å²) in [6.07, 6.45) is 6.47. The van der Waals surface area contributed by atoms with Crippen LogP contribution in [0.3, 0.4) is 0 Å². The summed E-state index contributed by atoms with van der Waals surface area (Å²) < 4.78 is 1.53. The Hall–Kier alpha value is -1.94. The van der Waals surface area contributed by atoms with Gasteiger partial charge in [-0.05, 0) is 12.1 Å². The number of pyridine rings is 1. The number of β-lactam (4-membered cyclic amide) rings is 1. The zero-order chi connectivity index (χ0) is 16.8. The van der Waals surface area contributed by atoms with Gasteiger partial charge >= 0.3 is 29.6 Å². The third kappa shape index (κ3) is 2.93. The van der Waals surface area contributed by atoms with Gasteiger partial charge in [-0.3, -0.25) is 19.4 Å². The number of aromatic nitrogens is 4. The average Bonchev–Trinajstić information content (AvgIpc) is 3.15. The Morgan fingerprint density at radius 3 is 2.84 bits per heavy atom.